The number of rotatable bonds is 17. The third kappa shape index (κ3) is 5.80. The molecule has 0 bridgehead atoms. The van der Waals surface area contributed by atoms with Gasteiger partial charge < -0.3 is 15.9 Å². The van der Waals surface area contributed by atoms with Gasteiger partial charge in [0.05, 0.1) is 12.0 Å². The first-order chi connectivity index (χ1) is 13.8. The summed E-state index contributed by atoms with van der Waals surface area (Å²) in [6.45, 7) is 4.09. The highest BCUT2D eigenvalue weighted by Crippen LogP contribution is 2.67. The van der Waals surface area contributed by atoms with Crippen LogP contribution in [-0.2, 0) is 14.4 Å². The second kappa shape index (κ2) is 12.3. The monoisotopic (exact) mass is 411 g/mol. The Morgan fingerprint density at radius 1 is 0.897 bits per heavy atom. The number of hydrogen-bond acceptors (Lipinski definition) is 4. The molecule has 3 atom stereocenters. The van der Waals surface area contributed by atoms with E-state index in [-0.39, 0.29) is 24.7 Å². The van der Waals surface area contributed by atoms with Crippen LogP contribution in [0.2, 0.25) is 0 Å². The van der Waals surface area contributed by atoms with Gasteiger partial charge in [0.25, 0.3) is 0 Å². The van der Waals surface area contributed by atoms with Gasteiger partial charge in [0.1, 0.15) is 0 Å². The maximum absolute atomic E-state index is 13.1. The average Bonchev–Trinajstić information content (AvgIpc) is 2.67. The Morgan fingerprint density at radius 3 is 2.03 bits per heavy atom. The molecule has 1 rings (SSSR count). The molecule has 0 heterocycles. The van der Waals surface area contributed by atoms with Gasteiger partial charge in [-0.25, -0.2) is 0 Å². The van der Waals surface area contributed by atoms with Crippen LogP contribution >= 0.6 is 0 Å². The Bertz CT molecular complexity index is 549. The predicted molar refractivity (Wildman–Crippen MR) is 114 cm³/mol. The van der Waals surface area contributed by atoms with E-state index in [0.29, 0.717) is 25.7 Å². The number of unbranched alkanes of at least 4 members (excludes halogenated alkanes) is 7. The fourth-order valence-electron chi connectivity index (χ4n) is 5.56. The molecule has 1 fully saturated rings. The van der Waals surface area contributed by atoms with Crippen LogP contribution in [0.4, 0.5) is 0 Å². The molecule has 3 unspecified atom stereocenters. The van der Waals surface area contributed by atoms with Crippen molar-refractivity contribution in [3.63, 3.8) is 0 Å². The summed E-state index contributed by atoms with van der Waals surface area (Å²) >= 11 is 0. The van der Waals surface area contributed by atoms with Crippen molar-refractivity contribution in [2.24, 2.45) is 22.5 Å². The van der Waals surface area contributed by atoms with Crippen LogP contribution in [0.25, 0.3) is 0 Å². The zero-order valence-electron chi connectivity index (χ0n) is 18.4. The summed E-state index contributed by atoms with van der Waals surface area (Å²) in [5, 5.41) is 18.9. The summed E-state index contributed by atoms with van der Waals surface area (Å²) in [6.07, 6.45) is 10.8. The standard InChI is InChI=1S/C23H41NO5/c1-3-5-6-12-15-23(19(25)17-24)18(4-2)16-22(23,21(28)29)14-11-9-7-8-10-13-20(26)27/h18H,3-17,24H2,1-2H3,(H,26,27)(H,28,29). The van der Waals surface area contributed by atoms with E-state index in [4.69, 9.17) is 10.8 Å². The van der Waals surface area contributed by atoms with E-state index in [1.807, 2.05) is 6.92 Å². The minimum absolute atomic E-state index is 0.0732. The Labute approximate surface area is 175 Å². The van der Waals surface area contributed by atoms with Gasteiger partial charge in [-0.05, 0) is 31.6 Å². The number of ketones is 1. The minimum atomic E-state index is -0.989. The summed E-state index contributed by atoms with van der Waals surface area (Å²) in [6, 6.07) is 0. The highest BCUT2D eigenvalue weighted by molar-refractivity contribution is 5.95. The van der Waals surface area contributed by atoms with Gasteiger partial charge in [0.2, 0.25) is 0 Å². The molecule has 6 heteroatoms. The number of carbonyl (C=O) groups is 3. The van der Waals surface area contributed by atoms with Crippen LogP contribution in [-0.4, -0.2) is 34.5 Å². The molecule has 0 aromatic carbocycles. The van der Waals surface area contributed by atoms with Gasteiger partial charge >= 0.3 is 11.9 Å². The van der Waals surface area contributed by atoms with Gasteiger partial charge in [-0.3, -0.25) is 14.4 Å². The summed E-state index contributed by atoms with van der Waals surface area (Å²) in [5.74, 6) is -1.59. The van der Waals surface area contributed by atoms with Crippen LogP contribution < -0.4 is 5.73 Å². The molecule has 0 aliphatic heterocycles. The van der Waals surface area contributed by atoms with Crippen LogP contribution in [0.1, 0.15) is 104 Å². The number of carbonyl (C=O) groups excluding carboxylic acids is 1. The number of hydrogen-bond donors (Lipinski definition) is 3. The third-order valence-electron chi connectivity index (χ3n) is 7.15. The highest BCUT2D eigenvalue weighted by Gasteiger charge is 2.70. The Kier molecular flexibility index (Phi) is 10.9. The van der Waals surface area contributed by atoms with Gasteiger partial charge in [0.15, 0.2) is 5.78 Å². The molecule has 1 aliphatic rings. The van der Waals surface area contributed by atoms with E-state index in [1.165, 1.54) is 0 Å². The Hall–Kier alpha value is -1.43. The second-order valence-corrected chi connectivity index (χ2v) is 8.77. The summed E-state index contributed by atoms with van der Waals surface area (Å²) in [4.78, 5) is 36.1. The maximum atomic E-state index is 13.1. The molecule has 0 amide bonds. The van der Waals surface area contributed by atoms with Crippen molar-refractivity contribution >= 4 is 17.7 Å². The molecule has 0 spiro atoms. The molecule has 1 aliphatic carbocycles. The molecule has 1 saturated carbocycles. The summed E-state index contributed by atoms with van der Waals surface area (Å²) in [5.41, 5.74) is 3.97. The van der Waals surface area contributed by atoms with E-state index in [2.05, 4.69) is 6.92 Å². The maximum Gasteiger partial charge on any atom is 0.310 e. The third-order valence-corrected chi connectivity index (χ3v) is 7.15. The van der Waals surface area contributed by atoms with E-state index < -0.39 is 22.8 Å². The van der Waals surface area contributed by atoms with E-state index in [1.54, 1.807) is 0 Å². The van der Waals surface area contributed by atoms with E-state index >= 15 is 0 Å². The first-order valence-corrected chi connectivity index (χ1v) is 11.5. The van der Waals surface area contributed by atoms with Gasteiger partial charge in [-0.15, -0.1) is 0 Å². The van der Waals surface area contributed by atoms with Crippen molar-refractivity contribution in [1.29, 1.82) is 0 Å². The zero-order valence-corrected chi connectivity index (χ0v) is 18.4. The van der Waals surface area contributed by atoms with Gasteiger partial charge in [-0.1, -0.05) is 71.6 Å². The van der Waals surface area contributed by atoms with Crippen molar-refractivity contribution in [1.82, 2.24) is 0 Å². The lowest BCUT2D eigenvalue weighted by atomic mass is 9.39. The molecule has 6 nitrogen and oxygen atoms in total. The topological polar surface area (TPSA) is 118 Å². The normalized spacial score (nSPS) is 26.1. The number of nitrogens with two attached hydrogens (primary N) is 1. The number of carboxylic acids is 2. The van der Waals surface area contributed by atoms with E-state index in [0.717, 1.165) is 57.8 Å². The molecule has 0 saturated heterocycles. The lowest BCUT2D eigenvalue weighted by molar-refractivity contribution is -0.202. The van der Waals surface area contributed by atoms with Gasteiger partial charge in [0, 0.05) is 11.8 Å². The lowest BCUT2D eigenvalue weighted by Gasteiger charge is -2.62. The number of aliphatic carboxylic acids is 2. The van der Waals surface area contributed by atoms with Crippen molar-refractivity contribution in [2.75, 3.05) is 6.54 Å². The van der Waals surface area contributed by atoms with E-state index in [9.17, 15) is 19.5 Å². The van der Waals surface area contributed by atoms with Crippen LogP contribution in [0.3, 0.4) is 0 Å². The summed E-state index contributed by atoms with van der Waals surface area (Å²) < 4.78 is 0. The minimum Gasteiger partial charge on any atom is -0.481 e. The molecular weight excluding hydrogens is 370 g/mol. The smallest absolute Gasteiger partial charge is 0.310 e. The van der Waals surface area contributed by atoms with Crippen molar-refractivity contribution in [3.8, 4) is 0 Å². The number of carboxylic acid groups (broad SMARTS) is 2. The highest BCUT2D eigenvalue weighted by atomic mass is 16.4. The molecule has 0 aromatic heterocycles. The first-order valence-electron chi connectivity index (χ1n) is 11.5. The molecule has 0 aromatic rings. The van der Waals surface area contributed by atoms with Crippen LogP contribution in [0.15, 0.2) is 0 Å². The molecule has 168 valence electrons. The van der Waals surface area contributed by atoms with Gasteiger partial charge in [-0.2, -0.15) is 0 Å². The Morgan fingerprint density at radius 2 is 1.48 bits per heavy atom. The van der Waals surface area contributed by atoms with Crippen molar-refractivity contribution in [2.45, 2.75) is 104 Å². The predicted octanol–water partition coefficient (Wildman–Crippen LogP) is 4.79. The fraction of sp³-hybridized carbons (Fsp3) is 0.870. The lowest BCUT2D eigenvalue weighted by Crippen LogP contribution is -2.66. The zero-order chi connectivity index (χ0) is 21.9. The first kappa shape index (κ1) is 25.6. The van der Waals surface area contributed by atoms with Crippen molar-refractivity contribution < 1.29 is 24.6 Å². The largest absolute Gasteiger partial charge is 0.481 e. The molecule has 4 N–H and O–H groups in total. The summed E-state index contributed by atoms with van der Waals surface area (Å²) in [7, 11) is 0. The molecule has 0 radical (unpaired) electrons. The van der Waals surface area contributed by atoms with Crippen LogP contribution in [0, 0.1) is 16.7 Å². The second-order valence-electron chi connectivity index (χ2n) is 8.77. The molecular formula is C23H41NO5. The molecule has 29 heavy (non-hydrogen) atoms. The fourth-order valence-corrected chi connectivity index (χ4v) is 5.56. The average molecular weight is 412 g/mol. The Balaban J connectivity index is 2.85. The SMILES string of the molecule is CCCCCCC1(C(=O)CN)C(CC)CC1(CCCCCCCC(=O)O)C(=O)O. The quantitative estimate of drug-likeness (QED) is 0.296. The van der Waals surface area contributed by atoms with Crippen molar-refractivity contribution in [3.05, 3.63) is 0 Å². The van der Waals surface area contributed by atoms with Crippen LogP contribution in [0.5, 0.6) is 0 Å². The number of Topliss-reactive ketones (excluding diaryl/α,β-unsaturated/α-hetero) is 1.